The number of carbonyl (C=O) groups excluding carboxylic acids is 1. The average molecular weight is 513 g/mol. The molecule has 0 saturated heterocycles. The Kier molecular flexibility index (Phi) is 8.70. The van der Waals surface area contributed by atoms with Crippen molar-refractivity contribution in [2.75, 3.05) is 13.2 Å². The maximum Gasteiger partial charge on any atom is 0.333 e. The average Bonchev–Trinajstić information content (AvgIpc) is 2.93. The lowest BCUT2D eigenvalue weighted by molar-refractivity contribution is -0.139. The summed E-state index contributed by atoms with van der Waals surface area (Å²) in [7, 11) is 0. The highest BCUT2D eigenvalue weighted by Crippen LogP contribution is 2.30. The van der Waals surface area contributed by atoms with Gasteiger partial charge in [0.15, 0.2) is 0 Å². The minimum atomic E-state index is -0.495. The van der Waals surface area contributed by atoms with Crippen molar-refractivity contribution in [3.63, 3.8) is 0 Å². The van der Waals surface area contributed by atoms with Gasteiger partial charge in [0, 0.05) is 11.1 Å². The van der Waals surface area contributed by atoms with Crippen molar-refractivity contribution in [1.82, 2.24) is 0 Å². The molecule has 0 bridgehead atoms. The molecular weight excluding hydrogens is 482 g/mol. The van der Waals surface area contributed by atoms with E-state index in [2.05, 4.69) is 6.58 Å². The molecule has 5 heteroatoms. The van der Waals surface area contributed by atoms with E-state index in [1.54, 1.807) is 6.92 Å². The van der Waals surface area contributed by atoms with Crippen molar-refractivity contribution in [2.24, 2.45) is 0 Å². The molecular formula is C33H30F2O3. The largest absolute Gasteiger partial charge is 0.490 e. The van der Waals surface area contributed by atoms with Crippen LogP contribution in [0.4, 0.5) is 8.78 Å². The summed E-state index contributed by atoms with van der Waals surface area (Å²) < 4.78 is 39.4. The van der Waals surface area contributed by atoms with Crippen molar-refractivity contribution in [1.29, 1.82) is 0 Å². The fraction of sp³-hybridized carbons (Fsp3) is 0.182. The zero-order chi connectivity index (χ0) is 27.1. The molecule has 0 radical (unpaired) electrons. The van der Waals surface area contributed by atoms with Crippen LogP contribution in [0.3, 0.4) is 0 Å². The summed E-state index contributed by atoms with van der Waals surface area (Å²) >= 11 is 0. The van der Waals surface area contributed by atoms with Gasteiger partial charge in [-0.1, -0.05) is 80.6 Å². The molecule has 38 heavy (non-hydrogen) atoms. The van der Waals surface area contributed by atoms with Crippen LogP contribution in [0, 0.1) is 11.6 Å². The molecule has 0 amide bonds. The first-order valence-electron chi connectivity index (χ1n) is 12.6. The number of rotatable bonds is 10. The van der Waals surface area contributed by atoms with Crippen LogP contribution in [0.25, 0.3) is 33.4 Å². The molecule has 0 aliphatic carbocycles. The molecule has 0 spiro atoms. The number of esters is 1. The Bertz CT molecular complexity index is 1380. The van der Waals surface area contributed by atoms with Gasteiger partial charge in [0.2, 0.25) is 0 Å². The van der Waals surface area contributed by atoms with Crippen molar-refractivity contribution < 1.29 is 23.0 Å². The summed E-state index contributed by atoms with van der Waals surface area (Å²) in [5.74, 6) is -0.724. The molecule has 4 aromatic rings. The molecule has 4 rings (SSSR count). The van der Waals surface area contributed by atoms with Gasteiger partial charge in [-0.2, -0.15) is 0 Å². The smallest absolute Gasteiger partial charge is 0.333 e. The number of hydrogen-bond donors (Lipinski definition) is 0. The summed E-state index contributed by atoms with van der Waals surface area (Å²) in [5, 5.41) is 0. The van der Waals surface area contributed by atoms with E-state index >= 15 is 0 Å². The van der Waals surface area contributed by atoms with Gasteiger partial charge in [-0.3, -0.25) is 0 Å². The first-order chi connectivity index (χ1) is 18.4. The van der Waals surface area contributed by atoms with E-state index in [0.717, 1.165) is 27.8 Å². The molecule has 0 unspecified atom stereocenters. The molecule has 0 aliphatic heterocycles. The molecule has 0 atom stereocenters. The molecule has 0 saturated carbocycles. The molecule has 0 aromatic heterocycles. The summed E-state index contributed by atoms with van der Waals surface area (Å²) in [6.45, 7) is 7.47. The normalized spacial score (nSPS) is 10.7. The minimum absolute atomic E-state index is 0.150. The second kappa shape index (κ2) is 12.3. The van der Waals surface area contributed by atoms with Gasteiger partial charge in [-0.15, -0.1) is 0 Å². The van der Waals surface area contributed by atoms with Crippen molar-refractivity contribution in [3.8, 4) is 39.1 Å². The minimum Gasteiger partial charge on any atom is -0.490 e. The zero-order valence-corrected chi connectivity index (χ0v) is 21.6. The van der Waals surface area contributed by atoms with E-state index in [-0.39, 0.29) is 18.8 Å². The van der Waals surface area contributed by atoms with Crippen molar-refractivity contribution >= 4 is 5.97 Å². The first kappa shape index (κ1) is 26.8. The molecule has 4 aromatic carbocycles. The Labute approximate surface area is 222 Å². The Morgan fingerprint density at radius 2 is 1.13 bits per heavy atom. The standard InChI is InChI=1S/C33H30F2O3/c1-4-5-30-31(34)20-28(21-32(30)35)27-12-10-24(11-13-27)23-6-8-25(9-7-23)26-14-16-29(17-15-26)37-18-19-38-33(36)22(2)3/h6-17,20-21H,2,4-5,18-19H2,1,3H3. The Balaban J connectivity index is 1.39. The van der Waals surface area contributed by atoms with E-state index in [4.69, 9.17) is 9.47 Å². The fourth-order valence-electron chi connectivity index (χ4n) is 4.13. The predicted octanol–water partition coefficient (Wildman–Crippen LogP) is 8.42. The van der Waals surface area contributed by atoms with Gasteiger partial charge < -0.3 is 9.47 Å². The molecule has 0 heterocycles. The van der Waals surface area contributed by atoms with Crippen LogP contribution in [0.2, 0.25) is 0 Å². The van der Waals surface area contributed by atoms with Gasteiger partial charge in [-0.05, 0) is 71.0 Å². The number of halogens is 2. The quantitative estimate of drug-likeness (QED) is 0.122. The van der Waals surface area contributed by atoms with Gasteiger partial charge >= 0.3 is 5.97 Å². The van der Waals surface area contributed by atoms with E-state index in [1.807, 2.05) is 79.7 Å². The Morgan fingerprint density at radius 3 is 1.55 bits per heavy atom. The lowest BCUT2D eigenvalue weighted by atomic mass is 9.97. The van der Waals surface area contributed by atoms with Crippen molar-refractivity contribution in [3.05, 3.63) is 114 Å². The summed E-state index contributed by atoms with van der Waals surface area (Å²) in [4.78, 5) is 11.4. The van der Waals surface area contributed by atoms with Gasteiger partial charge in [0.05, 0.1) is 0 Å². The number of carbonyl (C=O) groups is 1. The second-order valence-corrected chi connectivity index (χ2v) is 9.11. The van der Waals surface area contributed by atoms with E-state index in [9.17, 15) is 13.6 Å². The lowest BCUT2D eigenvalue weighted by Crippen LogP contribution is -2.12. The van der Waals surface area contributed by atoms with E-state index < -0.39 is 17.6 Å². The third kappa shape index (κ3) is 6.54. The molecule has 0 fully saturated rings. The lowest BCUT2D eigenvalue weighted by Gasteiger charge is -2.10. The first-order valence-corrected chi connectivity index (χ1v) is 12.6. The summed E-state index contributed by atoms with van der Waals surface area (Å²) in [6.07, 6.45) is 1.08. The maximum absolute atomic E-state index is 14.4. The Morgan fingerprint density at radius 1 is 0.711 bits per heavy atom. The topological polar surface area (TPSA) is 35.5 Å². The number of ether oxygens (including phenoxy) is 2. The van der Waals surface area contributed by atoms with Crippen LogP contribution in [0.15, 0.2) is 97.1 Å². The van der Waals surface area contributed by atoms with Crippen molar-refractivity contribution in [2.45, 2.75) is 26.7 Å². The highest BCUT2D eigenvalue weighted by atomic mass is 19.1. The summed E-state index contributed by atoms with van der Waals surface area (Å²) in [5.41, 5.74) is 5.97. The van der Waals surface area contributed by atoms with Gasteiger partial charge in [0.25, 0.3) is 0 Å². The number of hydrogen-bond acceptors (Lipinski definition) is 3. The second-order valence-electron chi connectivity index (χ2n) is 9.11. The fourth-order valence-corrected chi connectivity index (χ4v) is 4.13. The zero-order valence-electron chi connectivity index (χ0n) is 21.6. The van der Waals surface area contributed by atoms with Crippen LogP contribution >= 0.6 is 0 Å². The third-order valence-electron chi connectivity index (χ3n) is 6.20. The van der Waals surface area contributed by atoms with Crippen LogP contribution in [-0.4, -0.2) is 19.2 Å². The predicted molar refractivity (Wildman–Crippen MR) is 148 cm³/mol. The molecule has 0 aliphatic rings. The summed E-state index contributed by atoms with van der Waals surface area (Å²) in [6, 6.07) is 26.4. The third-order valence-corrected chi connectivity index (χ3v) is 6.20. The Hall–Kier alpha value is -4.25. The van der Waals surface area contributed by atoms with Crippen LogP contribution in [0.5, 0.6) is 5.75 Å². The SMILES string of the molecule is C=C(C)C(=O)OCCOc1ccc(-c2ccc(-c3ccc(-c4cc(F)c(CCC)c(F)c4)cc3)cc2)cc1. The van der Waals surface area contributed by atoms with Gasteiger partial charge in [0.1, 0.15) is 30.6 Å². The van der Waals surface area contributed by atoms with E-state index in [1.165, 1.54) is 12.1 Å². The van der Waals surface area contributed by atoms with E-state index in [0.29, 0.717) is 29.7 Å². The van der Waals surface area contributed by atoms with Crippen LogP contribution in [0.1, 0.15) is 25.8 Å². The van der Waals surface area contributed by atoms with Crippen LogP contribution in [-0.2, 0) is 16.0 Å². The maximum atomic E-state index is 14.4. The van der Waals surface area contributed by atoms with Crippen LogP contribution < -0.4 is 4.74 Å². The molecule has 194 valence electrons. The number of benzene rings is 4. The molecule has 0 N–H and O–H groups in total. The monoisotopic (exact) mass is 512 g/mol. The van der Waals surface area contributed by atoms with Gasteiger partial charge in [-0.25, -0.2) is 13.6 Å². The highest BCUT2D eigenvalue weighted by molar-refractivity contribution is 5.86. The highest BCUT2D eigenvalue weighted by Gasteiger charge is 2.12. The molecule has 3 nitrogen and oxygen atoms in total.